The molecular formula is C13H13Cl2NS. The van der Waals surface area contributed by atoms with E-state index >= 15 is 0 Å². The van der Waals surface area contributed by atoms with Crippen molar-refractivity contribution in [1.29, 1.82) is 0 Å². The highest BCUT2D eigenvalue weighted by atomic mass is 35.5. The molecule has 1 N–H and O–H groups in total. The van der Waals surface area contributed by atoms with Crippen LogP contribution in [-0.2, 0) is 0 Å². The largest absolute Gasteiger partial charge is 0.309 e. The van der Waals surface area contributed by atoms with Crippen LogP contribution in [0.15, 0.2) is 30.3 Å². The average Bonchev–Trinajstić information content (AvgIpc) is 2.70. The van der Waals surface area contributed by atoms with Crippen LogP contribution in [0.4, 0.5) is 0 Å². The smallest absolute Gasteiger partial charge is 0.0698 e. The molecule has 0 spiro atoms. The first kappa shape index (κ1) is 12.9. The first-order valence-electron chi connectivity index (χ1n) is 5.31. The quantitative estimate of drug-likeness (QED) is 0.864. The van der Waals surface area contributed by atoms with Crippen LogP contribution in [0.25, 0.3) is 0 Å². The number of hydrogen-bond acceptors (Lipinski definition) is 2. The second-order valence-corrected chi connectivity index (χ2v) is 5.94. The van der Waals surface area contributed by atoms with Gasteiger partial charge in [0.05, 0.1) is 6.04 Å². The molecule has 2 rings (SSSR count). The zero-order valence-corrected chi connectivity index (χ0v) is 12.0. The van der Waals surface area contributed by atoms with E-state index in [0.717, 1.165) is 5.56 Å². The van der Waals surface area contributed by atoms with E-state index in [4.69, 9.17) is 23.2 Å². The number of nitrogens with one attached hydrogen (secondary N) is 1. The Morgan fingerprint density at radius 1 is 1.12 bits per heavy atom. The standard InChI is InChI=1S/C13H13Cl2NS/c1-8-6-7-11(17-8)13(16-2)12-9(14)4-3-5-10(12)15/h3-7,13,16H,1-2H3. The maximum atomic E-state index is 6.24. The maximum absolute atomic E-state index is 6.24. The van der Waals surface area contributed by atoms with E-state index in [1.807, 2.05) is 25.2 Å². The highest BCUT2D eigenvalue weighted by Crippen LogP contribution is 2.36. The molecule has 4 heteroatoms. The van der Waals surface area contributed by atoms with Crippen molar-refractivity contribution in [1.82, 2.24) is 5.32 Å². The van der Waals surface area contributed by atoms with Gasteiger partial charge in [0.1, 0.15) is 0 Å². The Labute approximate surface area is 115 Å². The predicted molar refractivity (Wildman–Crippen MR) is 76.4 cm³/mol. The highest BCUT2D eigenvalue weighted by Gasteiger charge is 2.19. The van der Waals surface area contributed by atoms with Gasteiger partial charge >= 0.3 is 0 Å². The molecule has 0 aliphatic carbocycles. The van der Waals surface area contributed by atoms with Gasteiger partial charge in [-0.3, -0.25) is 0 Å². The molecular weight excluding hydrogens is 273 g/mol. The summed E-state index contributed by atoms with van der Waals surface area (Å²) in [4.78, 5) is 2.50. The Morgan fingerprint density at radius 3 is 2.24 bits per heavy atom. The number of benzene rings is 1. The summed E-state index contributed by atoms with van der Waals surface area (Å²) in [5.74, 6) is 0. The Bertz CT molecular complexity index is 502. The molecule has 1 aromatic heterocycles. The average molecular weight is 286 g/mol. The number of aryl methyl sites for hydroxylation is 1. The molecule has 0 aliphatic heterocycles. The van der Waals surface area contributed by atoms with E-state index in [2.05, 4.69) is 24.4 Å². The first-order chi connectivity index (χ1) is 8.13. The van der Waals surface area contributed by atoms with Crippen LogP contribution in [0.1, 0.15) is 21.4 Å². The lowest BCUT2D eigenvalue weighted by Crippen LogP contribution is -2.17. The summed E-state index contributed by atoms with van der Waals surface area (Å²) in [6, 6.07) is 9.87. The Morgan fingerprint density at radius 2 is 1.76 bits per heavy atom. The molecule has 1 heterocycles. The van der Waals surface area contributed by atoms with Crippen LogP contribution in [0.3, 0.4) is 0 Å². The number of rotatable bonds is 3. The van der Waals surface area contributed by atoms with Crippen LogP contribution < -0.4 is 5.32 Å². The Hall–Kier alpha value is -0.540. The third-order valence-electron chi connectivity index (χ3n) is 2.62. The van der Waals surface area contributed by atoms with Gasteiger partial charge in [-0.2, -0.15) is 0 Å². The SMILES string of the molecule is CNC(c1ccc(C)s1)c1c(Cl)cccc1Cl. The molecule has 0 bridgehead atoms. The molecule has 1 nitrogen and oxygen atoms in total. The second-order valence-electron chi connectivity index (χ2n) is 3.81. The predicted octanol–water partition coefficient (Wildman–Crippen LogP) is 4.67. The molecule has 0 saturated heterocycles. The summed E-state index contributed by atoms with van der Waals surface area (Å²) in [5, 5.41) is 4.67. The van der Waals surface area contributed by atoms with Gasteiger partial charge in [-0.15, -0.1) is 11.3 Å². The van der Waals surface area contributed by atoms with E-state index in [9.17, 15) is 0 Å². The highest BCUT2D eigenvalue weighted by molar-refractivity contribution is 7.12. The summed E-state index contributed by atoms with van der Waals surface area (Å²) >= 11 is 14.2. The molecule has 2 aromatic rings. The minimum Gasteiger partial charge on any atom is -0.309 e. The van der Waals surface area contributed by atoms with Crippen molar-refractivity contribution in [2.24, 2.45) is 0 Å². The zero-order valence-electron chi connectivity index (χ0n) is 9.63. The lowest BCUT2D eigenvalue weighted by Gasteiger charge is -2.18. The molecule has 1 unspecified atom stereocenters. The van der Waals surface area contributed by atoms with Gasteiger partial charge in [0.2, 0.25) is 0 Å². The van der Waals surface area contributed by atoms with Crippen molar-refractivity contribution >= 4 is 34.5 Å². The lowest BCUT2D eigenvalue weighted by atomic mass is 10.1. The molecule has 90 valence electrons. The summed E-state index contributed by atoms with van der Waals surface area (Å²) in [6.45, 7) is 2.09. The molecule has 0 amide bonds. The first-order valence-corrected chi connectivity index (χ1v) is 6.88. The van der Waals surface area contributed by atoms with E-state index in [1.165, 1.54) is 9.75 Å². The van der Waals surface area contributed by atoms with Gasteiger partial charge in [0, 0.05) is 25.4 Å². The van der Waals surface area contributed by atoms with E-state index in [1.54, 1.807) is 11.3 Å². The second kappa shape index (κ2) is 5.40. The third kappa shape index (κ3) is 2.66. The van der Waals surface area contributed by atoms with Gasteiger partial charge in [0.15, 0.2) is 0 Å². The van der Waals surface area contributed by atoms with Crippen LogP contribution in [0.5, 0.6) is 0 Å². The van der Waals surface area contributed by atoms with Gasteiger partial charge in [0.25, 0.3) is 0 Å². The van der Waals surface area contributed by atoms with E-state index in [-0.39, 0.29) is 6.04 Å². The van der Waals surface area contributed by atoms with Crippen molar-refractivity contribution in [3.8, 4) is 0 Å². The fourth-order valence-electron chi connectivity index (χ4n) is 1.82. The van der Waals surface area contributed by atoms with E-state index in [0.29, 0.717) is 10.0 Å². The van der Waals surface area contributed by atoms with Crippen molar-refractivity contribution in [2.45, 2.75) is 13.0 Å². The molecule has 0 saturated carbocycles. The minimum absolute atomic E-state index is 0.0508. The molecule has 0 aliphatic rings. The summed E-state index contributed by atoms with van der Waals surface area (Å²) in [6.07, 6.45) is 0. The third-order valence-corrected chi connectivity index (χ3v) is 4.35. The van der Waals surface area contributed by atoms with Crippen molar-refractivity contribution < 1.29 is 0 Å². The Kier molecular flexibility index (Phi) is 4.10. The fourth-order valence-corrected chi connectivity index (χ4v) is 3.44. The molecule has 0 radical (unpaired) electrons. The zero-order chi connectivity index (χ0) is 12.4. The molecule has 1 aromatic carbocycles. The van der Waals surface area contributed by atoms with Crippen molar-refractivity contribution in [2.75, 3.05) is 7.05 Å². The van der Waals surface area contributed by atoms with Gasteiger partial charge in [-0.05, 0) is 38.2 Å². The van der Waals surface area contributed by atoms with Crippen LogP contribution >= 0.6 is 34.5 Å². The minimum atomic E-state index is 0.0508. The van der Waals surface area contributed by atoms with Gasteiger partial charge in [-0.25, -0.2) is 0 Å². The lowest BCUT2D eigenvalue weighted by molar-refractivity contribution is 0.704. The van der Waals surface area contributed by atoms with Crippen molar-refractivity contribution in [3.05, 3.63) is 55.7 Å². The Balaban J connectivity index is 2.49. The van der Waals surface area contributed by atoms with Crippen molar-refractivity contribution in [3.63, 3.8) is 0 Å². The summed E-state index contributed by atoms with van der Waals surface area (Å²) < 4.78 is 0. The van der Waals surface area contributed by atoms with Crippen LogP contribution in [0, 0.1) is 6.92 Å². The maximum Gasteiger partial charge on any atom is 0.0698 e. The number of thiophene rings is 1. The number of hydrogen-bond donors (Lipinski definition) is 1. The molecule has 1 atom stereocenters. The number of halogens is 2. The van der Waals surface area contributed by atoms with Crippen LogP contribution in [-0.4, -0.2) is 7.05 Å². The summed E-state index contributed by atoms with van der Waals surface area (Å²) in [7, 11) is 1.92. The topological polar surface area (TPSA) is 12.0 Å². The molecule has 17 heavy (non-hydrogen) atoms. The van der Waals surface area contributed by atoms with E-state index < -0.39 is 0 Å². The van der Waals surface area contributed by atoms with Gasteiger partial charge < -0.3 is 5.32 Å². The monoisotopic (exact) mass is 285 g/mol. The molecule has 0 fully saturated rings. The van der Waals surface area contributed by atoms with Gasteiger partial charge in [-0.1, -0.05) is 29.3 Å². The fraction of sp³-hybridized carbons (Fsp3) is 0.231. The summed E-state index contributed by atoms with van der Waals surface area (Å²) in [5.41, 5.74) is 0.945. The van der Waals surface area contributed by atoms with Crippen LogP contribution in [0.2, 0.25) is 10.0 Å². The normalized spacial score (nSPS) is 12.7.